The molecule has 0 bridgehead atoms. The standard InChI is InChI=1S/C11H22F2N2O2/c1-8(2)5-9(6-14)11(16)15-3-4-17-7-10(12)13/h8-10H,3-7,14H2,1-2H3,(H,15,16). The number of ether oxygens (including phenoxy) is 1. The van der Waals surface area contributed by atoms with E-state index in [9.17, 15) is 13.6 Å². The minimum Gasteiger partial charge on any atom is -0.374 e. The van der Waals surface area contributed by atoms with Gasteiger partial charge in [-0.15, -0.1) is 0 Å². The van der Waals surface area contributed by atoms with Gasteiger partial charge in [-0.05, 0) is 12.3 Å². The van der Waals surface area contributed by atoms with Gasteiger partial charge < -0.3 is 15.8 Å². The van der Waals surface area contributed by atoms with E-state index in [-0.39, 0.29) is 25.0 Å². The van der Waals surface area contributed by atoms with Crippen LogP contribution in [0.5, 0.6) is 0 Å². The Bertz CT molecular complexity index is 214. The molecule has 0 aromatic rings. The second-order valence-electron chi connectivity index (χ2n) is 4.32. The number of alkyl halides is 2. The molecule has 1 atom stereocenters. The Kier molecular flexibility index (Phi) is 8.89. The van der Waals surface area contributed by atoms with E-state index in [1.165, 1.54) is 0 Å². The molecule has 102 valence electrons. The second-order valence-corrected chi connectivity index (χ2v) is 4.32. The van der Waals surface area contributed by atoms with Crippen LogP contribution in [0, 0.1) is 11.8 Å². The fraction of sp³-hybridized carbons (Fsp3) is 0.909. The number of carbonyl (C=O) groups excluding carboxylic acids is 1. The largest absolute Gasteiger partial charge is 0.374 e. The van der Waals surface area contributed by atoms with E-state index in [0.717, 1.165) is 6.42 Å². The maximum absolute atomic E-state index is 11.7. The zero-order valence-electron chi connectivity index (χ0n) is 10.4. The van der Waals surface area contributed by atoms with Gasteiger partial charge in [-0.2, -0.15) is 0 Å². The fourth-order valence-electron chi connectivity index (χ4n) is 1.44. The van der Waals surface area contributed by atoms with Gasteiger partial charge in [-0.3, -0.25) is 4.79 Å². The molecule has 0 heterocycles. The molecule has 0 aliphatic carbocycles. The van der Waals surface area contributed by atoms with Crippen LogP contribution in [0.2, 0.25) is 0 Å². The molecule has 6 heteroatoms. The van der Waals surface area contributed by atoms with Crippen LogP contribution in [0.4, 0.5) is 8.78 Å². The lowest BCUT2D eigenvalue weighted by atomic mass is 9.96. The van der Waals surface area contributed by atoms with Crippen LogP contribution in [0.25, 0.3) is 0 Å². The third-order valence-electron chi connectivity index (χ3n) is 2.20. The zero-order chi connectivity index (χ0) is 13.3. The van der Waals surface area contributed by atoms with Gasteiger partial charge in [0.25, 0.3) is 6.43 Å². The van der Waals surface area contributed by atoms with Crippen molar-refractivity contribution in [2.45, 2.75) is 26.7 Å². The quantitative estimate of drug-likeness (QED) is 0.602. The second kappa shape index (κ2) is 9.30. The number of amides is 1. The molecule has 0 aliphatic rings. The van der Waals surface area contributed by atoms with Gasteiger partial charge in [0.1, 0.15) is 6.61 Å². The molecule has 4 nitrogen and oxygen atoms in total. The lowest BCUT2D eigenvalue weighted by molar-refractivity contribution is -0.125. The Morgan fingerprint density at radius 3 is 2.53 bits per heavy atom. The van der Waals surface area contributed by atoms with Crippen molar-refractivity contribution in [3.8, 4) is 0 Å². The van der Waals surface area contributed by atoms with E-state index < -0.39 is 13.0 Å². The van der Waals surface area contributed by atoms with Crippen LogP contribution in [0.15, 0.2) is 0 Å². The summed E-state index contributed by atoms with van der Waals surface area (Å²) in [5.74, 6) is 0.0383. The normalized spacial score (nSPS) is 13.1. The Morgan fingerprint density at radius 2 is 2.06 bits per heavy atom. The molecule has 1 unspecified atom stereocenters. The summed E-state index contributed by atoms with van der Waals surface area (Å²) in [4.78, 5) is 11.6. The molecule has 0 saturated heterocycles. The van der Waals surface area contributed by atoms with Crippen molar-refractivity contribution in [1.29, 1.82) is 0 Å². The number of halogens is 2. The Hall–Kier alpha value is -0.750. The van der Waals surface area contributed by atoms with Gasteiger partial charge in [0.15, 0.2) is 0 Å². The summed E-state index contributed by atoms with van der Waals surface area (Å²) < 4.78 is 28.1. The zero-order valence-corrected chi connectivity index (χ0v) is 10.4. The van der Waals surface area contributed by atoms with Crippen LogP contribution < -0.4 is 11.1 Å². The Morgan fingerprint density at radius 1 is 1.41 bits per heavy atom. The molecule has 0 saturated carbocycles. The van der Waals surface area contributed by atoms with Crippen molar-refractivity contribution in [3.05, 3.63) is 0 Å². The molecule has 0 aliphatic heterocycles. The predicted octanol–water partition coefficient (Wildman–Crippen LogP) is 1.01. The highest BCUT2D eigenvalue weighted by Crippen LogP contribution is 2.10. The first-order valence-electron chi connectivity index (χ1n) is 5.81. The molecule has 0 rings (SSSR count). The monoisotopic (exact) mass is 252 g/mol. The van der Waals surface area contributed by atoms with E-state index >= 15 is 0 Å². The average Bonchev–Trinajstić information content (AvgIpc) is 2.24. The maximum atomic E-state index is 11.7. The molecule has 0 aromatic carbocycles. The van der Waals surface area contributed by atoms with Crippen LogP contribution >= 0.6 is 0 Å². The van der Waals surface area contributed by atoms with Crippen LogP contribution in [-0.2, 0) is 9.53 Å². The van der Waals surface area contributed by atoms with Gasteiger partial charge in [0.05, 0.1) is 12.5 Å². The molecule has 17 heavy (non-hydrogen) atoms. The minimum absolute atomic E-state index is 0.0923. The number of hydrogen-bond acceptors (Lipinski definition) is 3. The molecule has 0 spiro atoms. The smallest absolute Gasteiger partial charge is 0.261 e. The van der Waals surface area contributed by atoms with Crippen molar-refractivity contribution in [1.82, 2.24) is 5.32 Å². The van der Waals surface area contributed by atoms with Crippen molar-refractivity contribution < 1.29 is 18.3 Å². The van der Waals surface area contributed by atoms with E-state index in [1.807, 2.05) is 13.8 Å². The molecule has 1 amide bonds. The molecule has 3 N–H and O–H groups in total. The summed E-state index contributed by atoms with van der Waals surface area (Å²) >= 11 is 0. The van der Waals surface area contributed by atoms with Crippen LogP contribution in [-0.4, -0.2) is 38.6 Å². The highest BCUT2D eigenvalue weighted by molar-refractivity contribution is 5.78. The highest BCUT2D eigenvalue weighted by atomic mass is 19.3. The molecular formula is C11H22F2N2O2. The van der Waals surface area contributed by atoms with Gasteiger partial charge in [0.2, 0.25) is 5.91 Å². The topological polar surface area (TPSA) is 64.4 Å². The Balaban J connectivity index is 3.68. The van der Waals surface area contributed by atoms with Crippen molar-refractivity contribution in [2.75, 3.05) is 26.3 Å². The molecule has 0 radical (unpaired) electrons. The van der Waals surface area contributed by atoms with Gasteiger partial charge >= 0.3 is 0 Å². The van der Waals surface area contributed by atoms with Crippen LogP contribution in [0.3, 0.4) is 0 Å². The maximum Gasteiger partial charge on any atom is 0.261 e. The lowest BCUT2D eigenvalue weighted by Crippen LogP contribution is -2.37. The molecule has 0 fully saturated rings. The Labute approximate surface area is 101 Å². The van der Waals surface area contributed by atoms with E-state index in [4.69, 9.17) is 5.73 Å². The number of nitrogens with two attached hydrogens (primary N) is 1. The number of nitrogens with one attached hydrogen (secondary N) is 1. The highest BCUT2D eigenvalue weighted by Gasteiger charge is 2.17. The van der Waals surface area contributed by atoms with E-state index in [2.05, 4.69) is 10.1 Å². The summed E-state index contributed by atoms with van der Waals surface area (Å²) in [6, 6.07) is 0. The van der Waals surface area contributed by atoms with Crippen molar-refractivity contribution >= 4 is 5.91 Å². The lowest BCUT2D eigenvalue weighted by Gasteiger charge is -2.16. The van der Waals surface area contributed by atoms with Crippen LogP contribution in [0.1, 0.15) is 20.3 Å². The summed E-state index contributed by atoms with van der Waals surface area (Å²) in [7, 11) is 0. The number of hydrogen-bond donors (Lipinski definition) is 2. The summed E-state index contributed by atoms with van der Waals surface area (Å²) in [6.45, 7) is 4.06. The molecular weight excluding hydrogens is 230 g/mol. The van der Waals surface area contributed by atoms with Gasteiger partial charge in [0, 0.05) is 13.1 Å². The fourth-order valence-corrected chi connectivity index (χ4v) is 1.44. The van der Waals surface area contributed by atoms with Gasteiger partial charge in [-0.25, -0.2) is 8.78 Å². The summed E-state index contributed by atoms with van der Waals surface area (Å²) in [5, 5.41) is 2.62. The average molecular weight is 252 g/mol. The first-order chi connectivity index (χ1) is 7.97. The first kappa shape index (κ1) is 16.2. The van der Waals surface area contributed by atoms with Crippen molar-refractivity contribution in [2.24, 2.45) is 17.6 Å². The number of rotatable bonds is 9. The third-order valence-corrected chi connectivity index (χ3v) is 2.20. The summed E-state index contributed by atoms with van der Waals surface area (Å²) in [5.41, 5.74) is 5.50. The first-order valence-corrected chi connectivity index (χ1v) is 5.81. The van der Waals surface area contributed by atoms with E-state index in [0.29, 0.717) is 12.5 Å². The van der Waals surface area contributed by atoms with Crippen molar-refractivity contribution in [3.63, 3.8) is 0 Å². The minimum atomic E-state index is -2.47. The molecule has 0 aromatic heterocycles. The predicted molar refractivity (Wildman–Crippen MR) is 61.8 cm³/mol. The third kappa shape index (κ3) is 9.00. The number of carbonyl (C=O) groups is 1. The summed E-state index contributed by atoms with van der Waals surface area (Å²) in [6.07, 6.45) is -1.75. The SMILES string of the molecule is CC(C)CC(CN)C(=O)NCCOCC(F)F. The van der Waals surface area contributed by atoms with Gasteiger partial charge in [-0.1, -0.05) is 13.8 Å². The van der Waals surface area contributed by atoms with E-state index in [1.54, 1.807) is 0 Å².